The molecule has 240 valence electrons. The number of aliphatic carboxylic acids is 1. The summed E-state index contributed by atoms with van der Waals surface area (Å²) in [6, 6.07) is 5.42. The smallest absolute Gasteiger partial charge is 0.490 e. The van der Waals surface area contributed by atoms with Gasteiger partial charge in [0.2, 0.25) is 5.91 Å². The van der Waals surface area contributed by atoms with Crippen LogP contribution in [0.2, 0.25) is 0 Å². The molecule has 0 saturated carbocycles. The minimum atomic E-state index is -5.08. The second-order valence-corrected chi connectivity index (χ2v) is 9.81. The number of aromatic amines is 2. The Morgan fingerprint density at radius 3 is 2.43 bits per heavy atom. The number of ether oxygens (including phenoxy) is 2. The van der Waals surface area contributed by atoms with E-state index in [1.807, 2.05) is 32.0 Å². The molecule has 3 rings (SSSR count). The monoisotopic (exact) mass is 622 g/mol. The number of fused-ring (bicyclic) bond motifs is 1. The van der Waals surface area contributed by atoms with Crippen molar-refractivity contribution in [2.45, 2.75) is 71.0 Å². The Balaban J connectivity index is 0.000000860. The first-order chi connectivity index (χ1) is 20.8. The molecule has 0 aliphatic heterocycles. The minimum absolute atomic E-state index is 0.124. The van der Waals surface area contributed by atoms with E-state index in [1.165, 1.54) is 13.2 Å². The molecule has 14 heteroatoms. The van der Waals surface area contributed by atoms with Gasteiger partial charge in [0, 0.05) is 35.5 Å². The second-order valence-electron chi connectivity index (χ2n) is 9.81. The van der Waals surface area contributed by atoms with Gasteiger partial charge in [-0.3, -0.25) is 9.59 Å². The van der Waals surface area contributed by atoms with Gasteiger partial charge < -0.3 is 29.9 Å². The molecule has 0 bridgehead atoms. The number of hydrogen-bond acceptors (Lipinski definition) is 7. The van der Waals surface area contributed by atoms with Gasteiger partial charge in [0.15, 0.2) is 0 Å². The number of unbranched alkanes of at least 4 members (excludes halogenated alkanes) is 2. The van der Waals surface area contributed by atoms with Crippen LogP contribution in [0.4, 0.5) is 13.2 Å². The van der Waals surface area contributed by atoms with Gasteiger partial charge in [-0.1, -0.05) is 19.8 Å². The van der Waals surface area contributed by atoms with E-state index in [0.717, 1.165) is 47.2 Å². The van der Waals surface area contributed by atoms with Crippen LogP contribution in [0, 0.1) is 6.92 Å². The lowest BCUT2D eigenvalue weighted by atomic mass is 10.0. The van der Waals surface area contributed by atoms with Crippen molar-refractivity contribution >= 4 is 40.6 Å². The van der Waals surface area contributed by atoms with Crippen LogP contribution in [0.15, 0.2) is 30.5 Å². The molecular formula is C30H37F3N4O7. The van der Waals surface area contributed by atoms with Crippen molar-refractivity contribution in [3.8, 4) is 5.75 Å². The third-order valence-corrected chi connectivity index (χ3v) is 6.63. The summed E-state index contributed by atoms with van der Waals surface area (Å²) in [5.74, 6) is -1.74. The first-order valence-corrected chi connectivity index (χ1v) is 13.9. The number of ketones is 1. The molecule has 0 aliphatic rings. The Bertz CT molecular complexity index is 1460. The van der Waals surface area contributed by atoms with Crippen molar-refractivity contribution in [1.29, 1.82) is 0 Å². The number of nitrogens with zero attached hydrogens (tertiary/aromatic N) is 1. The topological polar surface area (TPSA) is 163 Å². The second kappa shape index (κ2) is 16.9. The number of benzene rings is 1. The van der Waals surface area contributed by atoms with Gasteiger partial charge in [0.25, 0.3) is 0 Å². The van der Waals surface area contributed by atoms with E-state index in [4.69, 9.17) is 14.6 Å². The van der Waals surface area contributed by atoms with E-state index < -0.39 is 18.1 Å². The summed E-state index contributed by atoms with van der Waals surface area (Å²) in [5, 5.41) is 11.2. The van der Waals surface area contributed by atoms with Crippen molar-refractivity contribution in [3.63, 3.8) is 0 Å². The maximum Gasteiger partial charge on any atom is 0.490 e. The van der Waals surface area contributed by atoms with Gasteiger partial charge in [0.1, 0.15) is 17.4 Å². The van der Waals surface area contributed by atoms with E-state index in [9.17, 15) is 27.6 Å². The summed E-state index contributed by atoms with van der Waals surface area (Å²) < 4.78 is 41.7. The molecule has 11 nitrogen and oxygen atoms in total. The number of aryl methyl sites for hydroxylation is 1. The molecule has 0 radical (unpaired) electrons. The van der Waals surface area contributed by atoms with Crippen molar-refractivity contribution in [2.24, 2.45) is 0 Å². The number of carboxylic acid groups (broad SMARTS) is 1. The van der Waals surface area contributed by atoms with Gasteiger partial charge >= 0.3 is 18.1 Å². The zero-order valence-corrected chi connectivity index (χ0v) is 25.0. The number of rotatable bonds is 14. The van der Waals surface area contributed by atoms with E-state index in [-0.39, 0.29) is 24.2 Å². The third-order valence-electron chi connectivity index (χ3n) is 6.63. The molecule has 0 aliphatic carbocycles. The van der Waals surface area contributed by atoms with E-state index in [2.05, 4.69) is 25.0 Å². The number of nitrogens with one attached hydrogen (secondary N) is 3. The van der Waals surface area contributed by atoms with E-state index in [1.54, 1.807) is 19.4 Å². The van der Waals surface area contributed by atoms with Crippen LogP contribution in [-0.2, 0) is 30.3 Å². The average molecular weight is 623 g/mol. The van der Waals surface area contributed by atoms with Crippen molar-refractivity contribution in [1.82, 2.24) is 20.3 Å². The Kier molecular flexibility index (Phi) is 13.6. The number of H-pyrrole nitrogens is 2. The molecule has 0 fully saturated rings. The molecule has 2 aromatic heterocycles. The highest BCUT2D eigenvalue weighted by Crippen LogP contribution is 2.27. The largest absolute Gasteiger partial charge is 0.497 e. The highest BCUT2D eigenvalue weighted by molar-refractivity contribution is 5.91. The number of methoxy groups -OCH3 is 2. The summed E-state index contributed by atoms with van der Waals surface area (Å²) in [5.41, 5.74) is 3.44. The molecule has 1 aromatic carbocycles. The molecule has 0 saturated heterocycles. The molecule has 1 atom stereocenters. The SMILES string of the molecule is CCC(=O)CCCCCC(NC(=O)Cc1c(C)[nH]c2ccc(OC)cc12)c1ncc(C=CC(=O)OC)[nH]1.O=C(O)C(F)(F)F. The number of imidazole rings is 1. The highest BCUT2D eigenvalue weighted by atomic mass is 19.4. The van der Waals surface area contributed by atoms with Crippen LogP contribution in [0.25, 0.3) is 17.0 Å². The van der Waals surface area contributed by atoms with Crippen molar-refractivity contribution < 1.29 is 46.9 Å². The van der Waals surface area contributed by atoms with Gasteiger partial charge in [-0.15, -0.1) is 0 Å². The lowest BCUT2D eigenvalue weighted by Crippen LogP contribution is -2.30. The zero-order chi connectivity index (χ0) is 32.9. The van der Waals surface area contributed by atoms with Crippen LogP contribution >= 0.6 is 0 Å². The van der Waals surface area contributed by atoms with Gasteiger partial charge in [0.05, 0.1) is 38.6 Å². The number of Topliss-reactive ketones (excluding diaryl/α,β-unsaturated/α-hetero) is 1. The summed E-state index contributed by atoms with van der Waals surface area (Å²) in [4.78, 5) is 56.1. The molecule has 3 aromatic rings. The molecule has 1 amide bonds. The molecule has 1 unspecified atom stereocenters. The maximum absolute atomic E-state index is 13.2. The van der Waals surface area contributed by atoms with Crippen LogP contribution in [-0.4, -0.2) is 64.1 Å². The van der Waals surface area contributed by atoms with E-state index in [0.29, 0.717) is 30.8 Å². The third kappa shape index (κ3) is 11.2. The number of hydrogen-bond donors (Lipinski definition) is 4. The highest BCUT2D eigenvalue weighted by Gasteiger charge is 2.38. The normalized spacial score (nSPS) is 12.0. The Labute approximate surface area is 252 Å². The first kappa shape index (κ1) is 35.6. The number of esters is 1. The fourth-order valence-electron chi connectivity index (χ4n) is 4.26. The molecule has 0 spiro atoms. The predicted molar refractivity (Wildman–Crippen MR) is 156 cm³/mol. The fourth-order valence-corrected chi connectivity index (χ4v) is 4.26. The molecule has 44 heavy (non-hydrogen) atoms. The number of aromatic nitrogens is 3. The van der Waals surface area contributed by atoms with Gasteiger partial charge in [-0.25, -0.2) is 14.6 Å². The van der Waals surface area contributed by atoms with Crippen LogP contribution in [0.5, 0.6) is 5.75 Å². The summed E-state index contributed by atoms with van der Waals surface area (Å²) in [7, 11) is 2.93. The standard InChI is InChI=1S/C28H36N4O5.C2HF3O2/c1-5-20(33)9-7-6-8-10-25(28-29-17-19(31-28)11-14-27(35)37-4)32-26(34)16-22-18(2)30-24-13-12-21(36-3)15-23(22)24;3-2(4,5)1(6)7/h11-15,17,25,30H,5-10,16H2,1-4H3,(H,29,31)(H,32,34);(H,6,7). The van der Waals surface area contributed by atoms with Crippen molar-refractivity contribution in [2.75, 3.05) is 14.2 Å². The van der Waals surface area contributed by atoms with Crippen molar-refractivity contribution in [3.05, 3.63) is 53.2 Å². The number of carbonyl (C=O) groups is 4. The number of amides is 1. The van der Waals surface area contributed by atoms with E-state index >= 15 is 0 Å². The Hall–Kier alpha value is -4.62. The maximum atomic E-state index is 13.2. The fraction of sp³-hybridized carbons (Fsp3) is 0.433. The van der Waals surface area contributed by atoms with Crippen LogP contribution < -0.4 is 10.1 Å². The lowest BCUT2D eigenvalue weighted by molar-refractivity contribution is -0.192. The number of alkyl halides is 3. The van der Waals surface area contributed by atoms with Crippen LogP contribution in [0.3, 0.4) is 0 Å². The summed E-state index contributed by atoms with van der Waals surface area (Å²) >= 11 is 0. The minimum Gasteiger partial charge on any atom is -0.497 e. The summed E-state index contributed by atoms with van der Waals surface area (Å²) in [6.45, 7) is 3.83. The molecular weight excluding hydrogens is 585 g/mol. The van der Waals surface area contributed by atoms with Gasteiger partial charge in [-0.2, -0.15) is 13.2 Å². The van der Waals surface area contributed by atoms with Crippen LogP contribution in [0.1, 0.15) is 74.3 Å². The lowest BCUT2D eigenvalue weighted by Gasteiger charge is -2.17. The zero-order valence-electron chi connectivity index (χ0n) is 25.0. The number of carbonyl (C=O) groups excluding carboxylic acids is 3. The molecule has 2 heterocycles. The predicted octanol–water partition coefficient (Wildman–Crippen LogP) is 5.36. The quantitative estimate of drug-likeness (QED) is 0.106. The Morgan fingerprint density at radius 2 is 1.82 bits per heavy atom. The van der Waals surface area contributed by atoms with Gasteiger partial charge in [-0.05, 0) is 49.6 Å². The number of carboxylic acids is 1. The first-order valence-electron chi connectivity index (χ1n) is 13.9. The molecule has 4 N–H and O–H groups in total. The average Bonchev–Trinajstić information content (AvgIpc) is 3.58. The summed E-state index contributed by atoms with van der Waals surface area (Å²) in [6.07, 6.45) is 3.99. The number of halogens is 3. The Morgan fingerprint density at radius 1 is 1.11 bits per heavy atom.